The lowest BCUT2D eigenvalue weighted by Gasteiger charge is -2.12. The molecule has 2 aromatic rings. The first-order valence-electron chi connectivity index (χ1n) is 5.09. The molecule has 0 aliphatic heterocycles. The van der Waals surface area contributed by atoms with Crippen LogP contribution in [0.5, 0.6) is 0 Å². The molecule has 0 spiro atoms. The minimum atomic E-state index is -4.78. The maximum atomic E-state index is 13.3. The van der Waals surface area contributed by atoms with Crippen LogP contribution in [0, 0.1) is 5.82 Å². The van der Waals surface area contributed by atoms with E-state index >= 15 is 0 Å². The van der Waals surface area contributed by atoms with E-state index in [9.17, 15) is 22.7 Å². The zero-order valence-corrected chi connectivity index (χ0v) is 9.97. The Morgan fingerprint density at radius 3 is 2.32 bits per heavy atom. The van der Waals surface area contributed by atoms with Crippen LogP contribution < -0.4 is 0 Å². The zero-order chi connectivity index (χ0) is 14.2. The molecule has 1 heterocycles. The SMILES string of the molecule is OC(c1ccc(C(F)(F)F)c(F)c1)c1ccc(Cl)o1. The van der Waals surface area contributed by atoms with Gasteiger partial charge in [0.05, 0.1) is 5.56 Å². The molecule has 0 saturated heterocycles. The van der Waals surface area contributed by atoms with Gasteiger partial charge < -0.3 is 9.52 Å². The van der Waals surface area contributed by atoms with Crippen LogP contribution in [0.1, 0.15) is 23.0 Å². The summed E-state index contributed by atoms with van der Waals surface area (Å²) in [6, 6.07) is 4.87. The average Bonchev–Trinajstić information content (AvgIpc) is 2.73. The lowest BCUT2D eigenvalue weighted by molar-refractivity contribution is -0.140. The van der Waals surface area contributed by atoms with Crippen molar-refractivity contribution in [2.45, 2.75) is 12.3 Å². The predicted molar refractivity (Wildman–Crippen MR) is 59.2 cm³/mol. The highest BCUT2D eigenvalue weighted by Gasteiger charge is 2.34. The molecule has 0 aliphatic carbocycles. The summed E-state index contributed by atoms with van der Waals surface area (Å²) in [4.78, 5) is 0. The lowest BCUT2D eigenvalue weighted by atomic mass is 10.0. The van der Waals surface area contributed by atoms with Crippen LogP contribution in [0.4, 0.5) is 17.6 Å². The van der Waals surface area contributed by atoms with Crippen LogP contribution >= 0.6 is 11.6 Å². The Kier molecular flexibility index (Phi) is 3.56. The van der Waals surface area contributed by atoms with E-state index in [1.807, 2.05) is 0 Å². The van der Waals surface area contributed by atoms with Gasteiger partial charge in [-0.1, -0.05) is 6.07 Å². The number of furan rings is 1. The Morgan fingerprint density at radius 1 is 1.16 bits per heavy atom. The van der Waals surface area contributed by atoms with Gasteiger partial charge in [0.25, 0.3) is 0 Å². The van der Waals surface area contributed by atoms with Crippen LogP contribution in [0.25, 0.3) is 0 Å². The first-order chi connectivity index (χ1) is 8.79. The third-order valence-electron chi connectivity index (χ3n) is 2.48. The first kappa shape index (κ1) is 13.9. The van der Waals surface area contributed by atoms with Crippen LogP contribution in [0.2, 0.25) is 5.22 Å². The molecule has 0 amide bonds. The molecule has 1 unspecified atom stereocenters. The van der Waals surface area contributed by atoms with E-state index in [1.54, 1.807) is 0 Å². The highest BCUT2D eigenvalue weighted by molar-refractivity contribution is 6.28. The minimum Gasteiger partial charge on any atom is -0.447 e. The summed E-state index contributed by atoms with van der Waals surface area (Å²) in [5.41, 5.74) is -1.45. The van der Waals surface area contributed by atoms with Gasteiger partial charge in [-0.25, -0.2) is 4.39 Å². The van der Waals surface area contributed by atoms with Gasteiger partial charge >= 0.3 is 6.18 Å². The van der Waals surface area contributed by atoms with Crippen molar-refractivity contribution in [2.24, 2.45) is 0 Å². The quantitative estimate of drug-likeness (QED) is 0.843. The molecule has 1 aromatic heterocycles. The van der Waals surface area contributed by atoms with Crippen molar-refractivity contribution in [1.29, 1.82) is 0 Å². The molecule has 2 rings (SSSR count). The van der Waals surface area contributed by atoms with Crippen molar-refractivity contribution in [3.05, 3.63) is 58.3 Å². The van der Waals surface area contributed by atoms with Gasteiger partial charge in [0.2, 0.25) is 0 Å². The fourth-order valence-corrected chi connectivity index (χ4v) is 1.72. The maximum Gasteiger partial charge on any atom is 0.419 e. The number of hydrogen-bond acceptors (Lipinski definition) is 2. The smallest absolute Gasteiger partial charge is 0.419 e. The molecule has 0 fully saturated rings. The largest absolute Gasteiger partial charge is 0.447 e. The maximum absolute atomic E-state index is 13.3. The summed E-state index contributed by atoms with van der Waals surface area (Å²) in [6.45, 7) is 0. The Bertz CT molecular complexity index is 592. The second-order valence-corrected chi connectivity index (χ2v) is 4.15. The van der Waals surface area contributed by atoms with Gasteiger partial charge in [-0.15, -0.1) is 0 Å². The van der Waals surface area contributed by atoms with E-state index in [0.717, 1.165) is 6.07 Å². The van der Waals surface area contributed by atoms with Gasteiger partial charge in [-0.05, 0) is 41.4 Å². The van der Waals surface area contributed by atoms with Crippen molar-refractivity contribution in [1.82, 2.24) is 0 Å². The van der Waals surface area contributed by atoms with E-state index in [-0.39, 0.29) is 16.5 Å². The van der Waals surface area contributed by atoms with Crippen LogP contribution in [-0.4, -0.2) is 5.11 Å². The molecule has 7 heteroatoms. The molecule has 0 bridgehead atoms. The Hall–Kier alpha value is -1.53. The molecule has 0 saturated carbocycles. The molecule has 1 N–H and O–H groups in total. The topological polar surface area (TPSA) is 33.4 Å². The summed E-state index contributed by atoms with van der Waals surface area (Å²) in [7, 11) is 0. The molecule has 2 nitrogen and oxygen atoms in total. The number of hydrogen-bond donors (Lipinski definition) is 1. The van der Waals surface area contributed by atoms with Crippen molar-refractivity contribution in [3.63, 3.8) is 0 Å². The summed E-state index contributed by atoms with van der Waals surface area (Å²) >= 11 is 5.51. The van der Waals surface area contributed by atoms with E-state index in [2.05, 4.69) is 0 Å². The van der Waals surface area contributed by atoms with E-state index in [4.69, 9.17) is 16.0 Å². The summed E-state index contributed by atoms with van der Waals surface area (Å²) < 4.78 is 55.4. The Balaban J connectivity index is 2.35. The first-order valence-corrected chi connectivity index (χ1v) is 5.47. The third kappa shape index (κ3) is 2.90. The number of aliphatic hydroxyl groups excluding tert-OH is 1. The minimum absolute atomic E-state index is 0.0152. The number of rotatable bonds is 2. The lowest BCUT2D eigenvalue weighted by Crippen LogP contribution is -2.09. The molecule has 0 radical (unpaired) electrons. The highest BCUT2D eigenvalue weighted by atomic mass is 35.5. The summed E-state index contributed by atoms with van der Waals surface area (Å²) in [6.07, 6.45) is -6.16. The third-order valence-corrected chi connectivity index (χ3v) is 2.68. The molecule has 0 aliphatic rings. The van der Waals surface area contributed by atoms with Crippen molar-refractivity contribution < 1.29 is 27.1 Å². The van der Waals surface area contributed by atoms with E-state index in [0.29, 0.717) is 12.1 Å². The molecule has 1 atom stereocenters. The van der Waals surface area contributed by atoms with Gasteiger partial charge in [-0.2, -0.15) is 13.2 Å². The van der Waals surface area contributed by atoms with Crippen LogP contribution in [0.15, 0.2) is 34.7 Å². The van der Waals surface area contributed by atoms with Crippen molar-refractivity contribution >= 4 is 11.6 Å². The Morgan fingerprint density at radius 2 is 1.84 bits per heavy atom. The normalized spacial score (nSPS) is 13.6. The number of aliphatic hydroxyl groups is 1. The molecular weight excluding hydrogens is 288 g/mol. The predicted octanol–water partition coefficient (Wildman–Crippen LogP) is 4.17. The fourth-order valence-electron chi connectivity index (χ4n) is 1.57. The molecule has 102 valence electrons. The van der Waals surface area contributed by atoms with Gasteiger partial charge in [0, 0.05) is 0 Å². The molecule has 1 aromatic carbocycles. The standard InChI is InChI=1S/C12H7ClF4O2/c13-10-4-3-9(19-10)11(18)6-1-2-7(8(14)5-6)12(15,16)17/h1-5,11,18H. The van der Waals surface area contributed by atoms with E-state index in [1.165, 1.54) is 12.1 Å². The molecule has 19 heavy (non-hydrogen) atoms. The van der Waals surface area contributed by atoms with Gasteiger partial charge in [-0.3, -0.25) is 0 Å². The van der Waals surface area contributed by atoms with Gasteiger partial charge in [0.15, 0.2) is 5.22 Å². The summed E-state index contributed by atoms with van der Waals surface area (Å²) in [5.74, 6) is -1.44. The summed E-state index contributed by atoms with van der Waals surface area (Å²) in [5, 5.41) is 9.84. The average molecular weight is 295 g/mol. The molecular formula is C12H7ClF4O2. The number of benzene rings is 1. The van der Waals surface area contributed by atoms with Crippen molar-refractivity contribution in [3.8, 4) is 0 Å². The van der Waals surface area contributed by atoms with Crippen molar-refractivity contribution in [2.75, 3.05) is 0 Å². The van der Waals surface area contributed by atoms with Crippen LogP contribution in [-0.2, 0) is 6.18 Å². The van der Waals surface area contributed by atoms with E-state index < -0.39 is 23.7 Å². The second-order valence-electron chi connectivity index (χ2n) is 3.78. The highest BCUT2D eigenvalue weighted by Crippen LogP contribution is 2.33. The monoisotopic (exact) mass is 294 g/mol. The Labute approximate surface area is 110 Å². The number of halogens is 5. The van der Waals surface area contributed by atoms with Crippen LogP contribution in [0.3, 0.4) is 0 Å². The fraction of sp³-hybridized carbons (Fsp3) is 0.167. The zero-order valence-electron chi connectivity index (χ0n) is 9.21. The second kappa shape index (κ2) is 4.86. The van der Waals surface area contributed by atoms with Gasteiger partial charge in [0.1, 0.15) is 17.7 Å². The number of alkyl halides is 3.